The third kappa shape index (κ3) is 2.22. The molecule has 1 atom stereocenters. The Morgan fingerprint density at radius 2 is 2.00 bits per heavy atom. The number of nitrogens with two attached hydrogens (primary N) is 1. The van der Waals surface area contributed by atoms with Crippen molar-refractivity contribution in [3.05, 3.63) is 36.2 Å². The van der Waals surface area contributed by atoms with Crippen molar-refractivity contribution in [1.82, 2.24) is 10.1 Å². The summed E-state index contributed by atoms with van der Waals surface area (Å²) in [4.78, 5) is 4.44. The summed E-state index contributed by atoms with van der Waals surface area (Å²) in [6, 6.07) is 9.78. The van der Waals surface area contributed by atoms with E-state index in [1.807, 2.05) is 37.3 Å². The molecule has 0 saturated carbocycles. The highest BCUT2D eigenvalue weighted by Crippen LogP contribution is 2.26. The zero-order valence-corrected chi connectivity index (χ0v) is 10.2. The van der Waals surface area contributed by atoms with E-state index < -0.39 is 0 Å². The third-order valence-electron chi connectivity index (χ3n) is 3.21. The van der Waals surface area contributed by atoms with E-state index in [-0.39, 0.29) is 5.41 Å². The van der Waals surface area contributed by atoms with E-state index in [0.717, 1.165) is 12.0 Å². The lowest BCUT2D eigenvalue weighted by atomic mass is 9.88. The molecular weight excluding hydrogens is 214 g/mol. The van der Waals surface area contributed by atoms with Crippen LogP contribution >= 0.6 is 0 Å². The Hall–Kier alpha value is -1.68. The van der Waals surface area contributed by atoms with Crippen LogP contribution in [-0.2, 0) is 5.41 Å². The molecule has 4 nitrogen and oxygen atoms in total. The van der Waals surface area contributed by atoms with Crippen molar-refractivity contribution in [2.24, 2.45) is 5.73 Å². The lowest BCUT2D eigenvalue weighted by molar-refractivity contribution is 0.291. The molecule has 0 radical (unpaired) electrons. The van der Waals surface area contributed by atoms with Gasteiger partial charge in [0.15, 0.2) is 0 Å². The number of hydrogen-bond donors (Lipinski definition) is 1. The minimum absolute atomic E-state index is 0.236. The Morgan fingerprint density at radius 3 is 2.59 bits per heavy atom. The first-order valence-corrected chi connectivity index (χ1v) is 5.79. The molecule has 0 fully saturated rings. The van der Waals surface area contributed by atoms with Crippen molar-refractivity contribution in [2.75, 3.05) is 6.54 Å². The summed E-state index contributed by atoms with van der Waals surface area (Å²) < 4.78 is 5.32. The molecule has 1 aromatic carbocycles. The topological polar surface area (TPSA) is 64.9 Å². The number of nitrogens with zero attached hydrogens (tertiary/aromatic N) is 2. The first-order valence-electron chi connectivity index (χ1n) is 5.79. The Morgan fingerprint density at radius 1 is 1.29 bits per heavy atom. The molecule has 1 aromatic heterocycles. The Bertz CT molecular complexity index is 474. The van der Waals surface area contributed by atoms with E-state index in [4.69, 9.17) is 10.3 Å². The summed E-state index contributed by atoms with van der Waals surface area (Å²) in [5, 5.41) is 4.01. The van der Waals surface area contributed by atoms with Crippen molar-refractivity contribution >= 4 is 0 Å². The van der Waals surface area contributed by atoms with Crippen LogP contribution in [0.15, 0.2) is 34.9 Å². The Balaban J connectivity index is 2.34. The van der Waals surface area contributed by atoms with Gasteiger partial charge in [-0.2, -0.15) is 4.98 Å². The van der Waals surface area contributed by atoms with Gasteiger partial charge in [0.1, 0.15) is 0 Å². The first kappa shape index (κ1) is 11.8. The van der Waals surface area contributed by atoms with Gasteiger partial charge in [-0.05, 0) is 13.3 Å². The Labute approximate surface area is 101 Å². The monoisotopic (exact) mass is 231 g/mol. The van der Waals surface area contributed by atoms with E-state index in [1.54, 1.807) is 0 Å². The van der Waals surface area contributed by atoms with Crippen LogP contribution in [0.2, 0.25) is 0 Å². The molecule has 0 aliphatic carbocycles. The SMILES string of the molecule is CCC(C)(CN)c1nc(-c2ccccc2)no1. The maximum absolute atomic E-state index is 5.77. The average molecular weight is 231 g/mol. The van der Waals surface area contributed by atoms with Crippen LogP contribution in [0.5, 0.6) is 0 Å². The molecule has 2 rings (SSSR count). The second kappa shape index (κ2) is 4.67. The van der Waals surface area contributed by atoms with Crippen LogP contribution in [0.25, 0.3) is 11.4 Å². The van der Waals surface area contributed by atoms with Crippen LogP contribution in [0.1, 0.15) is 26.2 Å². The van der Waals surface area contributed by atoms with E-state index in [2.05, 4.69) is 17.1 Å². The van der Waals surface area contributed by atoms with Crippen LogP contribution in [0.4, 0.5) is 0 Å². The minimum Gasteiger partial charge on any atom is -0.338 e. The fourth-order valence-corrected chi connectivity index (χ4v) is 1.56. The molecule has 0 amide bonds. The molecule has 0 spiro atoms. The molecule has 1 unspecified atom stereocenters. The molecule has 1 heterocycles. The number of rotatable bonds is 4. The predicted molar refractivity (Wildman–Crippen MR) is 66.4 cm³/mol. The highest BCUT2D eigenvalue weighted by Gasteiger charge is 2.29. The van der Waals surface area contributed by atoms with Gasteiger partial charge in [0, 0.05) is 12.1 Å². The smallest absolute Gasteiger partial charge is 0.234 e. The van der Waals surface area contributed by atoms with Gasteiger partial charge in [-0.1, -0.05) is 42.4 Å². The van der Waals surface area contributed by atoms with Gasteiger partial charge in [0.25, 0.3) is 0 Å². The molecule has 2 N–H and O–H groups in total. The molecule has 0 aliphatic rings. The second-order valence-corrected chi connectivity index (χ2v) is 4.41. The van der Waals surface area contributed by atoms with Crippen molar-refractivity contribution in [1.29, 1.82) is 0 Å². The highest BCUT2D eigenvalue weighted by molar-refractivity contribution is 5.53. The van der Waals surface area contributed by atoms with Crippen LogP contribution in [0, 0.1) is 0 Å². The van der Waals surface area contributed by atoms with Crippen LogP contribution < -0.4 is 5.73 Å². The molecule has 0 aliphatic heterocycles. The maximum atomic E-state index is 5.77. The fourth-order valence-electron chi connectivity index (χ4n) is 1.56. The summed E-state index contributed by atoms with van der Waals surface area (Å²) in [7, 11) is 0. The summed E-state index contributed by atoms with van der Waals surface area (Å²) in [6.07, 6.45) is 0.875. The van der Waals surface area contributed by atoms with E-state index in [9.17, 15) is 0 Å². The van der Waals surface area contributed by atoms with Gasteiger partial charge in [-0.25, -0.2) is 0 Å². The van der Waals surface area contributed by atoms with Crippen LogP contribution in [0.3, 0.4) is 0 Å². The minimum atomic E-state index is -0.236. The zero-order valence-electron chi connectivity index (χ0n) is 10.2. The molecule has 17 heavy (non-hydrogen) atoms. The summed E-state index contributed by atoms with van der Waals surface area (Å²) in [5.74, 6) is 1.23. The number of aromatic nitrogens is 2. The molecule has 90 valence electrons. The average Bonchev–Trinajstić information content (AvgIpc) is 2.89. The summed E-state index contributed by atoms with van der Waals surface area (Å²) in [5.41, 5.74) is 6.49. The van der Waals surface area contributed by atoms with Crippen LogP contribution in [-0.4, -0.2) is 16.7 Å². The molecular formula is C13H17N3O. The fraction of sp³-hybridized carbons (Fsp3) is 0.385. The van der Waals surface area contributed by atoms with E-state index in [1.165, 1.54) is 0 Å². The van der Waals surface area contributed by atoms with Gasteiger partial charge in [-0.3, -0.25) is 0 Å². The quantitative estimate of drug-likeness (QED) is 0.877. The van der Waals surface area contributed by atoms with E-state index >= 15 is 0 Å². The van der Waals surface area contributed by atoms with Crippen molar-refractivity contribution in [3.8, 4) is 11.4 Å². The number of hydrogen-bond acceptors (Lipinski definition) is 4. The van der Waals surface area contributed by atoms with E-state index in [0.29, 0.717) is 18.3 Å². The third-order valence-corrected chi connectivity index (χ3v) is 3.21. The normalized spacial score (nSPS) is 14.5. The summed E-state index contributed by atoms with van der Waals surface area (Å²) >= 11 is 0. The molecule has 2 aromatic rings. The van der Waals surface area contributed by atoms with Gasteiger partial charge in [0.2, 0.25) is 11.7 Å². The van der Waals surface area contributed by atoms with Crippen molar-refractivity contribution < 1.29 is 4.52 Å². The largest absolute Gasteiger partial charge is 0.338 e. The Kier molecular flexibility index (Phi) is 3.24. The zero-order chi connectivity index (χ0) is 12.3. The molecule has 0 saturated heterocycles. The van der Waals surface area contributed by atoms with Gasteiger partial charge >= 0.3 is 0 Å². The standard InChI is InChI=1S/C13H17N3O/c1-3-13(2,9-14)12-15-11(16-17-12)10-7-5-4-6-8-10/h4-8H,3,9,14H2,1-2H3. The second-order valence-electron chi connectivity index (χ2n) is 4.41. The van der Waals surface area contributed by atoms with Gasteiger partial charge in [-0.15, -0.1) is 0 Å². The number of benzene rings is 1. The lowest BCUT2D eigenvalue weighted by Gasteiger charge is -2.20. The predicted octanol–water partition coefficient (Wildman–Crippen LogP) is 2.36. The highest BCUT2D eigenvalue weighted by atomic mass is 16.5. The molecule has 4 heteroatoms. The lowest BCUT2D eigenvalue weighted by Crippen LogP contribution is -2.31. The first-order chi connectivity index (χ1) is 8.19. The molecule has 0 bridgehead atoms. The summed E-state index contributed by atoms with van der Waals surface area (Å²) in [6.45, 7) is 4.61. The maximum Gasteiger partial charge on any atom is 0.234 e. The van der Waals surface area contributed by atoms with Crippen molar-refractivity contribution in [3.63, 3.8) is 0 Å². The van der Waals surface area contributed by atoms with Gasteiger partial charge < -0.3 is 10.3 Å². The van der Waals surface area contributed by atoms with Crippen molar-refractivity contribution in [2.45, 2.75) is 25.7 Å². The van der Waals surface area contributed by atoms with Gasteiger partial charge in [0.05, 0.1) is 5.41 Å².